The smallest absolute Gasteiger partial charge is 0.310 e. The van der Waals surface area contributed by atoms with E-state index in [1.54, 1.807) is 0 Å². The third-order valence-corrected chi connectivity index (χ3v) is 5.76. The summed E-state index contributed by atoms with van der Waals surface area (Å²) in [6.45, 7) is 3.93. The number of carboxylic acid groups (broad SMARTS) is 2. The standard InChI is InChI=1S/C22H30O8/c1-13-5-7-15(17(11-13)19(23)24)21(27)29-9-3-4-10-30-22(28)16-8-6-14(2)12-18(16)20(25)26/h5-6,15-18H,3-4,7-12H2,1-2H3,(H,23,24)(H,25,26). The zero-order valence-electron chi connectivity index (χ0n) is 17.5. The lowest BCUT2D eigenvalue weighted by atomic mass is 9.80. The lowest BCUT2D eigenvalue weighted by Crippen LogP contribution is -2.33. The maximum absolute atomic E-state index is 12.2. The summed E-state index contributed by atoms with van der Waals surface area (Å²) >= 11 is 0. The molecule has 4 unspecified atom stereocenters. The van der Waals surface area contributed by atoms with Crippen molar-refractivity contribution < 1.29 is 38.9 Å². The molecule has 0 aromatic carbocycles. The van der Waals surface area contributed by atoms with Crippen LogP contribution in [0.1, 0.15) is 52.4 Å². The van der Waals surface area contributed by atoms with Crippen LogP contribution in [0.5, 0.6) is 0 Å². The largest absolute Gasteiger partial charge is 0.481 e. The molecule has 0 bridgehead atoms. The predicted molar refractivity (Wildman–Crippen MR) is 106 cm³/mol. The van der Waals surface area contributed by atoms with Gasteiger partial charge < -0.3 is 19.7 Å². The molecule has 2 aliphatic carbocycles. The average Bonchev–Trinajstić information content (AvgIpc) is 2.69. The summed E-state index contributed by atoms with van der Waals surface area (Å²) in [5, 5.41) is 18.6. The van der Waals surface area contributed by atoms with Crippen molar-refractivity contribution in [1.29, 1.82) is 0 Å². The highest BCUT2D eigenvalue weighted by molar-refractivity contribution is 5.82. The first-order chi connectivity index (χ1) is 14.2. The van der Waals surface area contributed by atoms with E-state index in [1.807, 2.05) is 26.0 Å². The highest BCUT2D eigenvalue weighted by Gasteiger charge is 2.37. The fraction of sp³-hybridized carbons (Fsp3) is 0.636. The molecule has 8 heteroatoms. The number of allylic oxidation sites excluding steroid dienone is 4. The van der Waals surface area contributed by atoms with Crippen LogP contribution in [0.3, 0.4) is 0 Å². The van der Waals surface area contributed by atoms with Crippen molar-refractivity contribution in [3.63, 3.8) is 0 Å². The van der Waals surface area contributed by atoms with Gasteiger partial charge >= 0.3 is 23.9 Å². The summed E-state index contributed by atoms with van der Waals surface area (Å²) in [6, 6.07) is 0. The highest BCUT2D eigenvalue weighted by Crippen LogP contribution is 2.32. The van der Waals surface area contributed by atoms with Gasteiger partial charge in [0.15, 0.2) is 0 Å². The minimum Gasteiger partial charge on any atom is -0.481 e. The van der Waals surface area contributed by atoms with E-state index in [4.69, 9.17) is 9.47 Å². The molecule has 0 aromatic rings. The van der Waals surface area contributed by atoms with Gasteiger partial charge in [0.25, 0.3) is 0 Å². The Morgan fingerprint density at radius 2 is 1.13 bits per heavy atom. The second kappa shape index (κ2) is 10.9. The van der Waals surface area contributed by atoms with Gasteiger partial charge in [-0.1, -0.05) is 23.3 Å². The monoisotopic (exact) mass is 422 g/mol. The Morgan fingerprint density at radius 3 is 1.47 bits per heavy atom. The first-order valence-electron chi connectivity index (χ1n) is 10.3. The molecule has 2 aliphatic rings. The summed E-state index contributed by atoms with van der Waals surface area (Å²) in [5.74, 6) is -5.92. The fourth-order valence-electron chi connectivity index (χ4n) is 3.93. The summed E-state index contributed by atoms with van der Waals surface area (Å²) in [6.07, 6.45) is 6.08. The SMILES string of the molecule is CC1=CCC(C(=O)OCCCCOC(=O)C2CC=C(C)CC2C(=O)O)C(C(=O)O)C1. The van der Waals surface area contributed by atoms with Gasteiger partial charge in [0.2, 0.25) is 0 Å². The molecule has 0 radical (unpaired) electrons. The molecule has 0 aromatic heterocycles. The van der Waals surface area contributed by atoms with Gasteiger partial charge in [0.05, 0.1) is 36.9 Å². The van der Waals surface area contributed by atoms with Crippen LogP contribution < -0.4 is 0 Å². The van der Waals surface area contributed by atoms with Crippen LogP contribution in [0.2, 0.25) is 0 Å². The third kappa shape index (κ3) is 6.43. The van der Waals surface area contributed by atoms with Crippen molar-refractivity contribution in [2.75, 3.05) is 13.2 Å². The number of hydrogen-bond donors (Lipinski definition) is 2. The van der Waals surface area contributed by atoms with Gasteiger partial charge in [-0.05, 0) is 52.4 Å². The number of ether oxygens (including phenoxy) is 2. The summed E-state index contributed by atoms with van der Waals surface area (Å²) < 4.78 is 10.4. The van der Waals surface area contributed by atoms with Gasteiger partial charge in [-0.2, -0.15) is 0 Å². The average molecular weight is 422 g/mol. The lowest BCUT2D eigenvalue weighted by Gasteiger charge is -2.26. The molecule has 4 atom stereocenters. The van der Waals surface area contributed by atoms with E-state index in [0.717, 1.165) is 11.1 Å². The second-order valence-corrected chi connectivity index (χ2v) is 8.13. The van der Waals surface area contributed by atoms with E-state index < -0.39 is 47.5 Å². The Kier molecular flexibility index (Phi) is 8.62. The van der Waals surface area contributed by atoms with Crippen LogP contribution in [-0.4, -0.2) is 47.3 Å². The molecule has 0 amide bonds. The molecule has 0 saturated carbocycles. The Bertz CT molecular complexity index is 673. The molecular weight excluding hydrogens is 392 g/mol. The van der Waals surface area contributed by atoms with Gasteiger partial charge in [0.1, 0.15) is 0 Å². The van der Waals surface area contributed by atoms with Gasteiger partial charge in [-0.3, -0.25) is 19.2 Å². The molecule has 0 spiro atoms. The van der Waals surface area contributed by atoms with E-state index >= 15 is 0 Å². The Morgan fingerprint density at radius 1 is 0.767 bits per heavy atom. The summed E-state index contributed by atoms with van der Waals surface area (Å²) in [5.41, 5.74) is 1.92. The van der Waals surface area contributed by atoms with Crippen LogP contribution in [0.4, 0.5) is 0 Å². The van der Waals surface area contributed by atoms with E-state index in [1.165, 1.54) is 0 Å². The van der Waals surface area contributed by atoms with Gasteiger partial charge in [-0.25, -0.2) is 0 Å². The topological polar surface area (TPSA) is 127 Å². The van der Waals surface area contributed by atoms with Crippen molar-refractivity contribution in [2.24, 2.45) is 23.7 Å². The van der Waals surface area contributed by atoms with Crippen LogP contribution in [0, 0.1) is 23.7 Å². The normalized spacial score (nSPS) is 26.2. The molecular formula is C22H30O8. The quantitative estimate of drug-likeness (QED) is 0.330. The van der Waals surface area contributed by atoms with Crippen molar-refractivity contribution in [2.45, 2.75) is 52.4 Å². The molecule has 0 fully saturated rings. The summed E-state index contributed by atoms with van der Waals surface area (Å²) in [4.78, 5) is 47.2. The molecule has 2 rings (SSSR count). The zero-order chi connectivity index (χ0) is 22.3. The van der Waals surface area contributed by atoms with Crippen molar-refractivity contribution in [1.82, 2.24) is 0 Å². The lowest BCUT2D eigenvalue weighted by molar-refractivity contribution is -0.159. The number of aliphatic carboxylic acids is 2. The third-order valence-electron chi connectivity index (χ3n) is 5.76. The number of carboxylic acids is 2. The zero-order valence-corrected chi connectivity index (χ0v) is 17.5. The number of unbranched alkanes of at least 4 members (excludes halogenated alkanes) is 1. The second-order valence-electron chi connectivity index (χ2n) is 8.13. The highest BCUT2D eigenvalue weighted by atomic mass is 16.5. The Hall–Kier alpha value is -2.64. The number of esters is 2. The number of rotatable bonds is 9. The first-order valence-corrected chi connectivity index (χ1v) is 10.3. The van der Waals surface area contributed by atoms with Gasteiger partial charge in [0, 0.05) is 0 Å². The maximum atomic E-state index is 12.2. The van der Waals surface area contributed by atoms with E-state index in [2.05, 4.69) is 0 Å². The van der Waals surface area contributed by atoms with Crippen molar-refractivity contribution >= 4 is 23.9 Å². The van der Waals surface area contributed by atoms with Crippen LogP contribution >= 0.6 is 0 Å². The number of carbonyl (C=O) groups is 4. The molecule has 0 aliphatic heterocycles. The van der Waals surface area contributed by atoms with Crippen LogP contribution in [0.15, 0.2) is 23.3 Å². The minimum atomic E-state index is -0.997. The first kappa shape index (κ1) is 23.6. The Labute approximate surface area is 175 Å². The molecule has 2 N–H and O–H groups in total. The number of hydrogen-bond acceptors (Lipinski definition) is 6. The van der Waals surface area contributed by atoms with Crippen LogP contribution in [0.25, 0.3) is 0 Å². The summed E-state index contributed by atoms with van der Waals surface area (Å²) in [7, 11) is 0. The Balaban J connectivity index is 1.69. The fourth-order valence-corrected chi connectivity index (χ4v) is 3.93. The van der Waals surface area contributed by atoms with Gasteiger partial charge in [-0.15, -0.1) is 0 Å². The number of carbonyl (C=O) groups excluding carboxylic acids is 2. The van der Waals surface area contributed by atoms with Crippen molar-refractivity contribution in [3.8, 4) is 0 Å². The van der Waals surface area contributed by atoms with Crippen LogP contribution in [-0.2, 0) is 28.7 Å². The van der Waals surface area contributed by atoms with E-state index in [-0.39, 0.29) is 13.2 Å². The predicted octanol–water partition coefficient (Wildman–Crippen LogP) is 2.97. The van der Waals surface area contributed by atoms with E-state index in [0.29, 0.717) is 38.5 Å². The maximum Gasteiger partial charge on any atom is 0.310 e. The molecule has 0 saturated heterocycles. The molecule has 30 heavy (non-hydrogen) atoms. The molecule has 8 nitrogen and oxygen atoms in total. The molecule has 166 valence electrons. The van der Waals surface area contributed by atoms with Crippen molar-refractivity contribution in [3.05, 3.63) is 23.3 Å². The van der Waals surface area contributed by atoms with E-state index in [9.17, 15) is 29.4 Å². The minimum absolute atomic E-state index is 0.116. The molecule has 0 heterocycles.